The lowest BCUT2D eigenvalue weighted by molar-refractivity contribution is 0.0975. The van der Waals surface area contributed by atoms with Crippen LogP contribution in [0.3, 0.4) is 0 Å². The second-order valence-electron chi connectivity index (χ2n) is 7.03. The maximum atomic E-state index is 13.5. The average molecular weight is 388 g/mol. The van der Waals surface area contributed by atoms with Crippen molar-refractivity contribution in [2.75, 3.05) is 24.1 Å². The molecular formula is C23H20N2O4. The summed E-state index contributed by atoms with van der Waals surface area (Å²) < 4.78 is 16.3. The number of rotatable bonds is 3. The van der Waals surface area contributed by atoms with Gasteiger partial charge < -0.3 is 19.5 Å². The zero-order valence-corrected chi connectivity index (χ0v) is 16.1. The molecule has 0 fully saturated rings. The van der Waals surface area contributed by atoms with Crippen LogP contribution >= 0.6 is 0 Å². The van der Waals surface area contributed by atoms with Crippen LogP contribution in [0.25, 0.3) is 0 Å². The lowest BCUT2D eigenvalue weighted by Crippen LogP contribution is -2.43. The van der Waals surface area contributed by atoms with E-state index in [0.717, 1.165) is 28.3 Å². The molecule has 3 aromatic carbocycles. The highest BCUT2D eigenvalue weighted by atomic mass is 16.7. The van der Waals surface area contributed by atoms with E-state index in [1.54, 1.807) is 12.0 Å². The topological polar surface area (TPSA) is 60.0 Å². The third kappa shape index (κ3) is 2.84. The highest BCUT2D eigenvalue weighted by Gasteiger charge is 2.35. The molecule has 0 saturated carbocycles. The summed E-state index contributed by atoms with van der Waals surface area (Å²) in [5.41, 5.74) is 4.15. The number of carbonyl (C=O) groups is 1. The summed E-state index contributed by atoms with van der Waals surface area (Å²) in [6.07, 6.45) is -0.373. The van der Waals surface area contributed by atoms with Gasteiger partial charge in [-0.05, 0) is 54.4 Å². The van der Waals surface area contributed by atoms with E-state index >= 15 is 0 Å². The number of hydrogen-bond donors (Lipinski definition) is 1. The predicted octanol–water partition coefficient (Wildman–Crippen LogP) is 4.50. The minimum Gasteiger partial charge on any atom is -0.496 e. The van der Waals surface area contributed by atoms with Gasteiger partial charge in [0.2, 0.25) is 6.79 Å². The van der Waals surface area contributed by atoms with E-state index in [1.807, 2.05) is 67.6 Å². The van der Waals surface area contributed by atoms with Crippen molar-refractivity contribution >= 4 is 17.3 Å². The van der Waals surface area contributed by atoms with E-state index in [2.05, 4.69) is 5.32 Å². The Morgan fingerprint density at radius 1 is 1.03 bits per heavy atom. The molecule has 0 aliphatic carbocycles. The number of amides is 1. The Bertz CT molecular complexity index is 1110. The Kier molecular flexibility index (Phi) is 4.05. The third-order valence-corrected chi connectivity index (χ3v) is 5.30. The molecule has 1 atom stereocenters. The molecule has 3 aromatic rings. The fourth-order valence-corrected chi connectivity index (χ4v) is 3.86. The number of para-hydroxylation sites is 1. The van der Waals surface area contributed by atoms with E-state index in [9.17, 15) is 4.79 Å². The number of nitrogens with zero attached hydrogens (tertiary/aromatic N) is 1. The first-order valence-electron chi connectivity index (χ1n) is 9.39. The van der Waals surface area contributed by atoms with Gasteiger partial charge >= 0.3 is 0 Å². The number of benzene rings is 3. The van der Waals surface area contributed by atoms with Gasteiger partial charge in [-0.2, -0.15) is 0 Å². The first-order chi connectivity index (χ1) is 14.2. The van der Waals surface area contributed by atoms with Crippen molar-refractivity contribution in [3.8, 4) is 17.2 Å². The van der Waals surface area contributed by atoms with E-state index in [0.29, 0.717) is 17.1 Å². The quantitative estimate of drug-likeness (QED) is 0.716. The van der Waals surface area contributed by atoms with E-state index in [4.69, 9.17) is 14.2 Å². The Labute approximate surface area is 168 Å². The number of aryl methyl sites for hydroxylation is 1. The van der Waals surface area contributed by atoms with Crippen LogP contribution in [0.5, 0.6) is 17.2 Å². The van der Waals surface area contributed by atoms with Crippen LogP contribution in [0.2, 0.25) is 0 Å². The fraction of sp³-hybridized carbons (Fsp3) is 0.174. The average Bonchev–Trinajstić information content (AvgIpc) is 3.21. The zero-order chi connectivity index (χ0) is 20.0. The molecule has 2 aliphatic heterocycles. The number of nitrogens with one attached hydrogen (secondary N) is 1. The van der Waals surface area contributed by atoms with Crippen LogP contribution in [0.15, 0.2) is 60.7 Å². The maximum absolute atomic E-state index is 13.5. The van der Waals surface area contributed by atoms with Crippen LogP contribution in [-0.4, -0.2) is 19.8 Å². The van der Waals surface area contributed by atoms with Crippen LogP contribution in [-0.2, 0) is 0 Å². The van der Waals surface area contributed by atoms with E-state index in [-0.39, 0.29) is 18.9 Å². The standard InChI is InChI=1S/C23H20N2O4/c1-14-11-15(7-9-19(14)27-2)22-24-18-6-4-3-5-17(18)23(26)25(22)16-8-10-20-21(12-16)29-13-28-20/h3-12,22,24H,13H2,1-2H3. The summed E-state index contributed by atoms with van der Waals surface area (Å²) in [6.45, 7) is 2.18. The van der Waals surface area contributed by atoms with Crippen molar-refractivity contribution in [2.24, 2.45) is 0 Å². The number of carbonyl (C=O) groups excluding carboxylic acids is 1. The molecule has 146 valence electrons. The Morgan fingerprint density at radius 3 is 2.69 bits per heavy atom. The van der Waals surface area contributed by atoms with Gasteiger partial charge in [-0.25, -0.2) is 0 Å². The molecule has 0 radical (unpaired) electrons. The lowest BCUT2D eigenvalue weighted by Gasteiger charge is -2.38. The summed E-state index contributed by atoms with van der Waals surface area (Å²) in [5.74, 6) is 2.06. The molecule has 6 nitrogen and oxygen atoms in total. The first kappa shape index (κ1) is 17.4. The molecule has 0 aromatic heterocycles. The minimum absolute atomic E-state index is 0.0725. The molecule has 0 saturated heterocycles. The van der Waals surface area contributed by atoms with Crippen LogP contribution in [0.1, 0.15) is 27.7 Å². The maximum Gasteiger partial charge on any atom is 0.262 e. The smallest absolute Gasteiger partial charge is 0.262 e. The second-order valence-corrected chi connectivity index (χ2v) is 7.03. The molecule has 1 N–H and O–H groups in total. The van der Waals surface area contributed by atoms with Gasteiger partial charge in [0.1, 0.15) is 11.9 Å². The molecule has 29 heavy (non-hydrogen) atoms. The highest BCUT2D eigenvalue weighted by Crippen LogP contribution is 2.41. The van der Waals surface area contributed by atoms with Crippen LogP contribution < -0.4 is 24.4 Å². The molecule has 6 heteroatoms. The largest absolute Gasteiger partial charge is 0.496 e. The molecule has 2 aliphatic rings. The third-order valence-electron chi connectivity index (χ3n) is 5.30. The number of anilines is 2. The van der Waals surface area contributed by atoms with Crippen molar-refractivity contribution in [3.63, 3.8) is 0 Å². The molecule has 1 amide bonds. The van der Waals surface area contributed by atoms with Gasteiger partial charge in [0.15, 0.2) is 11.5 Å². The van der Waals surface area contributed by atoms with Crippen molar-refractivity contribution in [2.45, 2.75) is 13.1 Å². The minimum atomic E-state index is -0.373. The molecule has 2 heterocycles. The number of ether oxygens (including phenoxy) is 3. The van der Waals surface area contributed by atoms with E-state index < -0.39 is 0 Å². The number of hydrogen-bond acceptors (Lipinski definition) is 5. The first-order valence-corrected chi connectivity index (χ1v) is 9.39. The van der Waals surface area contributed by atoms with Gasteiger partial charge in [-0.1, -0.05) is 18.2 Å². The van der Waals surface area contributed by atoms with Crippen molar-refractivity contribution in [3.05, 3.63) is 77.4 Å². The molecule has 0 bridgehead atoms. The SMILES string of the molecule is COc1ccc(C2Nc3ccccc3C(=O)N2c2ccc3c(c2)OCO3)cc1C. The van der Waals surface area contributed by atoms with Gasteiger partial charge in [0, 0.05) is 11.8 Å². The highest BCUT2D eigenvalue weighted by molar-refractivity contribution is 6.12. The van der Waals surface area contributed by atoms with Crippen LogP contribution in [0, 0.1) is 6.92 Å². The zero-order valence-electron chi connectivity index (χ0n) is 16.1. The summed E-state index contributed by atoms with van der Waals surface area (Å²) in [7, 11) is 1.65. The lowest BCUT2D eigenvalue weighted by atomic mass is 10.0. The molecular weight excluding hydrogens is 368 g/mol. The summed E-state index contributed by atoms with van der Waals surface area (Å²) >= 11 is 0. The second kappa shape index (κ2) is 6.74. The predicted molar refractivity (Wildman–Crippen MR) is 110 cm³/mol. The van der Waals surface area contributed by atoms with Gasteiger partial charge in [0.25, 0.3) is 5.91 Å². The number of methoxy groups -OCH3 is 1. The normalized spacial score (nSPS) is 17.0. The molecule has 1 unspecified atom stereocenters. The van der Waals surface area contributed by atoms with Gasteiger partial charge in [0.05, 0.1) is 18.4 Å². The van der Waals surface area contributed by atoms with Crippen molar-refractivity contribution in [1.82, 2.24) is 0 Å². The van der Waals surface area contributed by atoms with E-state index in [1.165, 1.54) is 0 Å². The summed E-state index contributed by atoms with van der Waals surface area (Å²) in [6, 6.07) is 19.1. The van der Waals surface area contributed by atoms with Crippen molar-refractivity contribution < 1.29 is 19.0 Å². The van der Waals surface area contributed by atoms with Crippen molar-refractivity contribution in [1.29, 1.82) is 0 Å². The Morgan fingerprint density at radius 2 is 1.86 bits per heavy atom. The number of fused-ring (bicyclic) bond motifs is 2. The monoisotopic (exact) mass is 388 g/mol. The Hall–Kier alpha value is -3.67. The molecule has 5 rings (SSSR count). The van der Waals surface area contributed by atoms with Crippen LogP contribution in [0.4, 0.5) is 11.4 Å². The van der Waals surface area contributed by atoms with Gasteiger partial charge in [-0.3, -0.25) is 9.69 Å². The van der Waals surface area contributed by atoms with Gasteiger partial charge in [-0.15, -0.1) is 0 Å². The summed E-state index contributed by atoms with van der Waals surface area (Å²) in [5, 5.41) is 3.52. The summed E-state index contributed by atoms with van der Waals surface area (Å²) in [4.78, 5) is 15.3. The molecule has 0 spiro atoms. The fourth-order valence-electron chi connectivity index (χ4n) is 3.86. The Balaban J connectivity index is 1.64.